The number of hydrogen-bond acceptors (Lipinski definition) is 8. The Morgan fingerprint density at radius 3 is 2.36 bits per heavy atom. The van der Waals surface area contributed by atoms with Crippen LogP contribution in [0.4, 0.5) is 0 Å². The second-order valence-electron chi connectivity index (χ2n) is 8.82. The van der Waals surface area contributed by atoms with Crippen LogP contribution in [0.25, 0.3) is 0 Å². The molecular formula is C30H31Cl2N3O7. The molecule has 0 heterocycles. The van der Waals surface area contributed by atoms with Crippen molar-refractivity contribution in [3.63, 3.8) is 0 Å². The molecule has 222 valence electrons. The Balaban J connectivity index is 1.69. The average molecular weight is 616 g/mol. The molecule has 0 radical (unpaired) electrons. The van der Waals surface area contributed by atoms with Gasteiger partial charge in [-0.3, -0.25) is 9.59 Å². The first-order valence-electron chi connectivity index (χ1n) is 13.0. The Hall–Kier alpha value is -4.28. The van der Waals surface area contributed by atoms with Crippen LogP contribution < -0.4 is 25.0 Å². The van der Waals surface area contributed by atoms with Crippen molar-refractivity contribution in [2.75, 3.05) is 20.3 Å². The minimum Gasteiger partial charge on any atom is -0.490 e. The lowest BCUT2D eigenvalue weighted by Crippen LogP contribution is -2.50. The first-order valence-corrected chi connectivity index (χ1v) is 13.7. The lowest BCUT2D eigenvalue weighted by atomic mass is 10.1. The smallest absolute Gasteiger partial charge is 0.343 e. The van der Waals surface area contributed by atoms with Crippen molar-refractivity contribution in [2.24, 2.45) is 5.10 Å². The molecule has 0 fully saturated rings. The van der Waals surface area contributed by atoms with Crippen LogP contribution in [0.1, 0.15) is 25.0 Å². The van der Waals surface area contributed by atoms with Gasteiger partial charge in [-0.15, -0.1) is 0 Å². The van der Waals surface area contributed by atoms with Crippen LogP contribution in [0.2, 0.25) is 10.0 Å². The van der Waals surface area contributed by atoms with E-state index in [0.717, 1.165) is 5.56 Å². The third-order valence-corrected chi connectivity index (χ3v) is 6.24. The molecule has 12 heteroatoms. The highest BCUT2D eigenvalue weighted by Gasteiger charge is 2.25. The number of nitrogens with zero attached hydrogens (tertiary/aromatic N) is 1. The maximum atomic E-state index is 13.1. The van der Waals surface area contributed by atoms with E-state index in [9.17, 15) is 14.4 Å². The average Bonchev–Trinajstić information content (AvgIpc) is 2.98. The van der Waals surface area contributed by atoms with E-state index in [1.54, 1.807) is 37.3 Å². The van der Waals surface area contributed by atoms with Gasteiger partial charge in [0.25, 0.3) is 11.8 Å². The summed E-state index contributed by atoms with van der Waals surface area (Å²) in [5.41, 5.74) is 3.91. The molecule has 3 aromatic carbocycles. The summed E-state index contributed by atoms with van der Waals surface area (Å²) in [6.45, 7) is 3.44. The van der Waals surface area contributed by atoms with E-state index in [4.69, 9.17) is 37.4 Å². The summed E-state index contributed by atoms with van der Waals surface area (Å²) < 4.78 is 21.3. The summed E-state index contributed by atoms with van der Waals surface area (Å²) in [6, 6.07) is 17.9. The van der Waals surface area contributed by atoms with Crippen molar-refractivity contribution in [1.82, 2.24) is 10.7 Å². The molecule has 10 nitrogen and oxygen atoms in total. The summed E-state index contributed by atoms with van der Waals surface area (Å²) in [7, 11) is 1.27. The highest BCUT2D eigenvalue weighted by molar-refractivity contribution is 6.35. The van der Waals surface area contributed by atoms with Gasteiger partial charge in [-0.2, -0.15) is 5.10 Å². The molecule has 0 unspecified atom stereocenters. The van der Waals surface area contributed by atoms with E-state index >= 15 is 0 Å². The number of carbonyl (C=O) groups excluding carboxylic acids is 3. The zero-order valence-electron chi connectivity index (χ0n) is 23.3. The molecule has 2 N–H and O–H groups in total. The number of nitrogens with one attached hydrogen (secondary N) is 2. The summed E-state index contributed by atoms with van der Waals surface area (Å²) >= 11 is 12.1. The molecule has 3 rings (SSSR count). The standard InChI is InChI=1S/C30H31Cl2N3O7/c1-4-40-27-15-21(10-12-26(27)41-18-28(36)39-3)17-33-35-30(38)24(14-20-8-6-5-7-9-20)34-29(37)19(2)42-25-13-11-22(31)16-23(25)32/h5-13,15-17,19,24H,4,14,18H2,1-3H3,(H,34,37)(H,35,38)/b33-17-/t19-,24-/m1/s1. The molecule has 0 saturated carbocycles. The second kappa shape index (κ2) is 16.2. The van der Waals surface area contributed by atoms with Crippen molar-refractivity contribution in [2.45, 2.75) is 32.4 Å². The van der Waals surface area contributed by atoms with Crippen molar-refractivity contribution in [3.8, 4) is 17.2 Å². The van der Waals surface area contributed by atoms with Gasteiger partial charge < -0.3 is 24.3 Å². The molecule has 42 heavy (non-hydrogen) atoms. The third-order valence-electron chi connectivity index (χ3n) is 5.71. The lowest BCUT2D eigenvalue weighted by Gasteiger charge is -2.21. The highest BCUT2D eigenvalue weighted by atomic mass is 35.5. The molecule has 0 saturated heterocycles. The molecule has 0 aliphatic heterocycles. The molecule has 0 aliphatic rings. The summed E-state index contributed by atoms with van der Waals surface area (Å²) in [6.07, 6.45) is 0.665. The van der Waals surface area contributed by atoms with Gasteiger partial charge >= 0.3 is 5.97 Å². The number of hydrazone groups is 1. The van der Waals surface area contributed by atoms with Crippen molar-refractivity contribution in [1.29, 1.82) is 0 Å². The number of methoxy groups -OCH3 is 1. The van der Waals surface area contributed by atoms with Gasteiger partial charge in [0.05, 0.1) is 25.0 Å². The Morgan fingerprint density at radius 2 is 1.67 bits per heavy atom. The number of rotatable bonds is 14. The molecule has 0 aliphatic carbocycles. The molecule has 2 atom stereocenters. The van der Waals surface area contributed by atoms with Crippen LogP contribution in [0.15, 0.2) is 71.8 Å². The largest absolute Gasteiger partial charge is 0.490 e. The molecule has 2 amide bonds. The Bertz CT molecular complexity index is 1400. The van der Waals surface area contributed by atoms with Crippen LogP contribution in [0.5, 0.6) is 17.2 Å². The van der Waals surface area contributed by atoms with E-state index < -0.39 is 29.9 Å². The van der Waals surface area contributed by atoms with E-state index in [2.05, 4.69) is 20.6 Å². The minimum absolute atomic E-state index is 0.211. The van der Waals surface area contributed by atoms with Crippen LogP contribution >= 0.6 is 23.2 Å². The van der Waals surface area contributed by atoms with Crippen LogP contribution in [0, 0.1) is 0 Å². The number of amides is 2. The molecule has 3 aromatic rings. The van der Waals surface area contributed by atoms with E-state index in [1.807, 2.05) is 37.3 Å². The van der Waals surface area contributed by atoms with Gasteiger partial charge in [0.1, 0.15) is 11.8 Å². The third kappa shape index (κ3) is 9.97. The minimum atomic E-state index is -0.963. The topological polar surface area (TPSA) is 125 Å². The fourth-order valence-corrected chi connectivity index (χ4v) is 4.05. The van der Waals surface area contributed by atoms with Crippen LogP contribution in [0.3, 0.4) is 0 Å². The summed E-state index contributed by atoms with van der Waals surface area (Å²) in [5, 5.41) is 7.47. The second-order valence-corrected chi connectivity index (χ2v) is 9.67. The maximum absolute atomic E-state index is 13.1. The van der Waals surface area contributed by atoms with Crippen molar-refractivity contribution >= 4 is 47.2 Å². The van der Waals surface area contributed by atoms with Gasteiger partial charge in [-0.25, -0.2) is 10.2 Å². The SMILES string of the molecule is CCOc1cc(/C=N\NC(=O)[C@@H](Cc2ccccc2)NC(=O)[C@@H](C)Oc2ccc(Cl)cc2Cl)ccc1OCC(=O)OC. The van der Waals surface area contributed by atoms with Gasteiger partial charge in [-0.1, -0.05) is 53.5 Å². The van der Waals surface area contributed by atoms with Gasteiger partial charge in [0, 0.05) is 11.4 Å². The molecule has 0 spiro atoms. The van der Waals surface area contributed by atoms with Gasteiger partial charge in [0.2, 0.25) is 0 Å². The predicted molar refractivity (Wildman–Crippen MR) is 159 cm³/mol. The summed E-state index contributed by atoms with van der Waals surface area (Å²) in [5.74, 6) is -0.567. The number of halogens is 2. The number of carbonyl (C=O) groups is 3. The zero-order valence-corrected chi connectivity index (χ0v) is 24.8. The van der Waals surface area contributed by atoms with Crippen LogP contribution in [-0.2, 0) is 25.5 Å². The predicted octanol–water partition coefficient (Wildman–Crippen LogP) is 4.59. The Kier molecular flexibility index (Phi) is 12.5. The maximum Gasteiger partial charge on any atom is 0.343 e. The first kappa shape index (κ1) is 32.2. The van der Waals surface area contributed by atoms with E-state index in [1.165, 1.54) is 19.4 Å². The number of benzene rings is 3. The molecule has 0 aromatic heterocycles. The quantitative estimate of drug-likeness (QED) is 0.154. The normalized spacial score (nSPS) is 12.2. The van der Waals surface area contributed by atoms with Crippen molar-refractivity contribution in [3.05, 3.63) is 87.9 Å². The van der Waals surface area contributed by atoms with Crippen LogP contribution in [-0.4, -0.2) is 56.5 Å². The fraction of sp³-hybridized carbons (Fsp3) is 0.267. The molecular weight excluding hydrogens is 585 g/mol. The zero-order chi connectivity index (χ0) is 30.5. The number of ether oxygens (including phenoxy) is 4. The lowest BCUT2D eigenvalue weighted by molar-refractivity contribution is -0.143. The van der Waals surface area contributed by atoms with E-state index in [-0.39, 0.29) is 23.8 Å². The Labute approximate surface area is 253 Å². The number of esters is 1. The summed E-state index contributed by atoms with van der Waals surface area (Å²) in [4.78, 5) is 37.6. The monoisotopic (exact) mass is 615 g/mol. The molecule has 0 bridgehead atoms. The number of hydrogen-bond donors (Lipinski definition) is 2. The first-order chi connectivity index (χ1) is 20.2. The highest BCUT2D eigenvalue weighted by Crippen LogP contribution is 2.29. The van der Waals surface area contributed by atoms with Gasteiger partial charge in [-0.05, 0) is 61.4 Å². The van der Waals surface area contributed by atoms with Crippen molar-refractivity contribution < 1.29 is 33.3 Å². The fourth-order valence-electron chi connectivity index (χ4n) is 3.60. The van der Waals surface area contributed by atoms with E-state index in [0.29, 0.717) is 28.7 Å². The Morgan fingerprint density at radius 1 is 0.929 bits per heavy atom. The van der Waals surface area contributed by atoms with Gasteiger partial charge in [0.15, 0.2) is 24.2 Å².